The van der Waals surface area contributed by atoms with Gasteiger partial charge in [-0.05, 0) is 6.42 Å². The summed E-state index contributed by atoms with van der Waals surface area (Å²) in [6.45, 7) is 2.17. The standard InChI is InChI=1S/C6H13NO4S/c1-2-3-4-5-7-12(10,11)6(8)9/h7H,2-5H2,1H3,(H,8,9). The van der Waals surface area contributed by atoms with Gasteiger partial charge in [0.2, 0.25) is 0 Å². The van der Waals surface area contributed by atoms with Crippen molar-refractivity contribution < 1.29 is 18.3 Å². The quantitative estimate of drug-likeness (QED) is 0.635. The molecule has 0 aliphatic carbocycles. The van der Waals surface area contributed by atoms with Crippen LogP contribution in [0.1, 0.15) is 26.2 Å². The lowest BCUT2D eigenvalue weighted by Gasteiger charge is -2.00. The molecule has 0 amide bonds. The summed E-state index contributed by atoms with van der Waals surface area (Å²) < 4.78 is 23.1. The van der Waals surface area contributed by atoms with Crippen LogP contribution in [0.5, 0.6) is 0 Å². The molecule has 0 atom stereocenters. The van der Waals surface area contributed by atoms with Crippen molar-refractivity contribution in [1.29, 1.82) is 0 Å². The Morgan fingerprint density at radius 2 is 2.00 bits per heavy atom. The molecule has 0 aliphatic rings. The van der Waals surface area contributed by atoms with Crippen LogP contribution in [0, 0.1) is 0 Å². The molecule has 0 bridgehead atoms. The monoisotopic (exact) mass is 195 g/mol. The molecule has 12 heavy (non-hydrogen) atoms. The minimum absolute atomic E-state index is 0.197. The Hall–Kier alpha value is -0.620. The van der Waals surface area contributed by atoms with Crippen molar-refractivity contribution in [2.24, 2.45) is 0 Å². The molecule has 72 valence electrons. The molecule has 0 aromatic rings. The van der Waals surface area contributed by atoms with Gasteiger partial charge in [0.25, 0.3) is 0 Å². The number of hydrogen-bond donors (Lipinski definition) is 2. The van der Waals surface area contributed by atoms with Gasteiger partial charge < -0.3 is 5.11 Å². The summed E-state index contributed by atoms with van der Waals surface area (Å²) in [6, 6.07) is 0. The minimum atomic E-state index is -4.11. The van der Waals surface area contributed by atoms with E-state index in [1.54, 1.807) is 0 Å². The van der Waals surface area contributed by atoms with Crippen LogP contribution in [0.25, 0.3) is 0 Å². The minimum Gasteiger partial charge on any atom is -0.469 e. The highest BCUT2D eigenvalue weighted by Crippen LogP contribution is 1.93. The zero-order valence-corrected chi connectivity index (χ0v) is 7.73. The lowest BCUT2D eigenvalue weighted by Crippen LogP contribution is -2.30. The molecule has 0 aromatic carbocycles. The second kappa shape index (κ2) is 5.10. The molecule has 0 radical (unpaired) electrons. The van der Waals surface area contributed by atoms with E-state index in [0.717, 1.165) is 12.8 Å². The Balaban J connectivity index is 3.71. The molecule has 0 unspecified atom stereocenters. The summed E-state index contributed by atoms with van der Waals surface area (Å²) in [7, 11) is -4.11. The number of unbranched alkanes of at least 4 members (excludes halogenated alkanes) is 2. The maximum absolute atomic E-state index is 10.6. The fraction of sp³-hybridized carbons (Fsp3) is 0.833. The molecule has 0 aromatic heterocycles. The maximum atomic E-state index is 10.6. The van der Waals surface area contributed by atoms with E-state index in [1.807, 2.05) is 11.6 Å². The third kappa shape index (κ3) is 4.30. The number of sulfonamides is 1. The second-order valence-electron chi connectivity index (χ2n) is 2.37. The first-order valence-corrected chi connectivity index (χ1v) is 5.21. The number of carboxylic acid groups (broad SMARTS) is 1. The molecule has 6 heteroatoms. The van der Waals surface area contributed by atoms with Crippen molar-refractivity contribution >= 4 is 15.3 Å². The average molecular weight is 195 g/mol. The normalized spacial score (nSPS) is 11.4. The van der Waals surface area contributed by atoms with Gasteiger partial charge in [0, 0.05) is 6.54 Å². The van der Waals surface area contributed by atoms with E-state index in [0.29, 0.717) is 6.42 Å². The van der Waals surface area contributed by atoms with Crippen LogP contribution in [0.3, 0.4) is 0 Å². The van der Waals surface area contributed by atoms with E-state index in [1.165, 1.54) is 0 Å². The fourth-order valence-corrected chi connectivity index (χ4v) is 1.18. The molecular weight excluding hydrogens is 182 g/mol. The van der Waals surface area contributed by atoms with Crippen molar-refractivity contribution in [3.8, 4) is 0 Å². The van der Waals surface area contributed by atoms with Gasteiger partial charge in [0.1, 0.15) is 0 Å². The third-order valence-electron chi connectivity index (χ3n) is 1.30. The number of rotatable bonds is 5. The van der Waals surface area contributed by atoms with Gasteiger partial charge in [-0.1, -0.05) is 19.8 Å². The molecule has 0 aliphatic heterocycles. The number of hydrogen-bond acceptors (Lipinski definition) is 3. The number of carbonyl (C=O) groups is 1. The SMILES string of the molecule is CCCCCNS(=O)(=O)C(=O)O. The van der Waals surface area contributed by atoms with Crippen molar-refractivity contribution in [2.75, 3.05) is 6.54 Å². The Morgan fingerprint density at radius 3 is 2.42 bits per heavy atom. The van der Waals surface area contributed by atoms with Gasteiger partial charge in [-0.2, -0.15) is 0 Å². The lowest BCUT2D eigenvalue weighted by molar-refractivity contribution is 0.218. The molecule has 0 fully saturated rings. The van der Waals surface area contributed by atoms with Gasteiger partial charge in [-0.15, -0.1) is 0 Å². The predicted molar refractivity (Wildman–Crippen MR) is 44.5 cm³/mol. The van der Waals surface area contributed by atoms with Gasteiger partial charge in [0.05, 0.1) is 0 Å². The first-order chi connectivity index (χ1) is 5.50. The smallest absolute Gasteiger partial charge is 0.437 e. The Kier molecular flexibility index (Phi) is 4.84. The zero-order valence-electron chi connectivity index (χ0n) is 6.91. The number of nitrogens with one attached hydrogen (secondary N) is 1. The van der Waals surface area contributed by atoms with Crippen LogP contribution in [0.15, 0.2) is 0 Å². The first-order valence-electron chi connectivity index (χ1n) is 3.73. The summed E-state index contributed by atoms with van der Waals surface area (Å²) in [5, 5.41) is 6.33. The fourth-order valence-electron chi connectivity index (χ4n) is 0.643. The Bertz CT molecular complexity index is 234. The molecule has 0 saturated heterocycles. The zero-order chi connectivity index (χ0) is 9.61. The van der Waals surface area contributed by atoms with Crippen LogP contribution in [-0.4, -0.2) is 25.4 Å². The van der Waals surface area contributed by atoms with E-state index < -0.39 is 15.3 Å². The van der Waals surface area contributed by atoms with E-state index in [9.17, 15) is 13.2 Å². The summed E-state index contributed by atoms with van der Waals surface area (Å²) in [5.74, 6) is 0. The summed E-state index contributed by atoms with van der Waals surface area (Å²) in [5.41, 5.74) is 0. The Labute approximate surface area is 71.8 Å². The molecule has 2 N–H and O–H groups in total. The summed E-state index contributed by atoms with van der Waals surface area (Å²) in [4.78, 5) is 10.0. The second-order valence-corrected chi connectivity index (χ2v) is 4.02. The summed E-state index contributed by atoms with van der Waals surface area (Å²) >= 11 is 0. The maximum Gasteiger partial charge on any atom is 0.437 e. The average Bonchev–Trinajstić information content (AvgIpc) is 1.98. The van der Waals surface area contributed by atoms with Crippen molar-refractivity contribution in [3.63, 3.8) is 0 Å². The highest BCUT2D eigenvalue weighted by Gasteiger charge is 2.18. The topological polar surface area (TPSA) is 83.5 Å². The largest absolute Gasteiger partial charge is 0.469 e. The van der Waals surface area contributed by atoms with Crippen LogP contribution < -0.4 is 4.72 Å². The molecule has 0 rings (SSSR count). The molecule has 0 heterocycles. The molecule has 5 nitrogen and oxygen atoms in total. The van der Waals surface area contributed by atoms with Gasteiger partial charge in [-0.25, -0.2) is 17.9 Å². The summed E-state index contributed by atoms with van der Waals surface area (Å²) in [6.07, 6.45) is 2.53. The highest BCUT2D eigenvalue weighted by atomic mass is 32.2. The molecule has 0 saturated carbocycles. The van der Waals surface area contributed by atoms with Crippen molar-refractivity contribution in [2.45, 2.75) is 26.2 Å². The molecular formula is C6H13NO4S. The van der Waals surface area contributed by atoms with E-state index in [-0.39, 0.29) is 6.54 Å². The highest BCUT2D eigenvalue weighted by molar-refractivity contribution is 8.03. The van der Waals surface area contributed by atoms with Gasteiger partial charge >= 0.3 is 15.3 Å². The van der Waals surface area contributed by atoms with E-state index in [4.69, 9.17) is 5.11 Å². The van der Waals surface area contributed by atoms with Gasteiger partial charge in [0.15, 0.2) is 0 Å². The van der Waals surface area contributed by atoms with Crippen LogP contribution in [-0.2, 0) is 10.0 Å². The van der Waals surface area contributed by atoms with E-state index >= 15 is 0 Å². The first kappa shape index (κ1) is 11.4. The lowest BCUT2D eigenvalue weighted by atomic mass is 10.3. The van der Waals surface area contributed by atoms with Crippen LogP contribution in [0.4, 0.5) is 4.79 Å². The van der Waals surface area contributed by atoms with Crippen LogP contribution in [0.2, 0.25) is 0 Å². The predicted octanol–water partition coefficient (Wildman–Crippen LogP) is 0.774. The molecule has 0 spiro atoms. The van der Waals surface area contributed by atoms with E-state index in [2.05, 4.69) is 0 Å². The third-order valence-corrected chi connectivity index (χ3v) is 2.35. The van der Waals surface area contributed by atoms with Crippen molar-refractivity contribution in [3.05, 3.63) is 0 Å². The van der Waals surface area contributed by atoms with Gasteiger partial charge in [-0.3, -0.25) is 0 Å². The Morgan fingerprint density at radius 1 is 1.42 bits per heavy atom. The van der Waals surface area contributed by atoms with Crippen molar-refractivity contribution in [1.82, 2.24) is 4.72 Å². The van der Waals surface area contributed by atoms with Crippen LogP contribution >= 0.6 is 0 Å².